The predicted molar refractivity (Wildman–Crippen MR) is 213 cm³/mol. The number of amides is 4. The average molecular weight is 783 g/mol. The van der Waals surface area contributed by atoms with Crippen molar-refractivity contribution < 1.29 is 38.9 Å². The molecule has 1 saturated carbocycles. The zero-order chi connectivity index (χ0) is 41.0. The van der Waals surface area contributed by atoms with E-state index in [1.54, 1.807) is 38.9 Å². The first-order valence-electron chi connectivity index (χ1n) is 20.5. The number of aliphatic carboxylic acids is 1. The molecule has 1 aliphatic carbocycles. The number of carbonyl (C=O) groups excluding carboxylic acids is 4. The van der Waals surface area contributed by atoms with Crippen LogP contribution in [-0.2, 0) is 30.3 Å². The van der Waals surface area contributed by atoms with Gasteiger partial charge in [0.25, 0.3) is 0 Å². The fourth-order valence-corrected chi connectivity index (χ4v) is 8.13. The van der Waals surface area contributed by atoms with Crippen LogP contribution in [0.5, 0.6) is 0 Å². The first kappa shape index (κ1) is 44.4. The van der Waals surface area contributed by atoms with Crippen molar-refractivity contribution in [1.29, 1.82) is 0 Å². The molecule has 1 unspecified atom stereocenters. The van der Waals surface area contributed by atoms with E-state index in [-0.39, 0.29) is 38.0 Å². The van der Waals surface area contributed by atoms with Crippen molar-refractivity contribution in [2.45, 2.75) is 148 Å². The van der Waals surface area contributed by atoms with Gasteiger partial charge in [0, 0.05) is 44.4 Å². The highest BCUT2D eigenvalue weighted by molar-refractivity contribution is 5.94. The number of carboxylic acids is 1. The third-order valence-electron chi connectivity index (χ3n) is 10.8. The SMILES string of the molecule is CC(C)C[C@H](O)C[C@H](CC1CCCCC1)NC(=O)C(CC1=CN(CC(=O)O)CN1)N(C)C(=O)[C@H](Cc1ccccc1)NC(=O)[C@@H]1CCCN1C(=O)OC(C)(C)C. The molecule has 1 aromatic carbocycles. The van der Waals surface area contributed by atoms with Crippen molar-refractivity contribution in [3.05, 3.63) is 47.8 Å². The lowest BCUT2D eigenvalue weighted by atomic mass is 9.83. The summed E-state index contributed by atoms with van der Waals surface area (Å²) in [6.45, 7) is 9.75. The number of ether oxygens (including phenoxy) is 1. The van der Waals surface area contributed by atoms with E-state index in [4.69, 9.17) is 4.74 Å². The minimum Gasteiger partial charge on any atom is -0.480 e. The third-order valence-corrected chi connectivity index (χ3v) is 10.8. The van der Waals surface area contributed by atoms with E-state index in [1.165, 1.54) is 16.2 Å². The van der Waals surface area contributed by atoms with Gasteiger partial charge in [-0.1, -0.05) is 76.3 Å². The third kappa shape index (κ3) is 14.0. The second-order valence-electron chi connectivity index (χ2n) is 17.3. The zero-order valence-corrected chi connectivity index (χ0v) is 34.3. The maximum Gasteiger partial charge on any atom is 0.410 e. The van der Waals surface area contributed by atoms with Crippen LogP contribution in [0.15, 0.2) is 42.2 Å². The van der Waals surface area contributed by atoms with Gasteiger partial charge in [-0.15, -0.1) is 0 Å². The normalized spacial score (nSPS) is 19.7. The molecule has 5 N–H and O–H groups in total. The molecule has 1 saturated heterocycles. The lowest BCUT2D eigenvalue weighted by molar-refractivity contribution is -0.142. The molecule has 3 aliphatic rings. The van der Waals surface area contributed by atoms with Gasteiger partial charge in [-0.3, -0.25) is 24.1 Å². The van der Waals surface area contributed by atoms with Gasteiger partial charge in [0.05, 0.1) is 12.8 Å². The summed E-state index contributed by atoms with van der Waals surface area (Å²) in [5.41, 5.74) is 0.644. The zero-order valence-electron chi connectivity index (χ0n) is 34.3. The van der Waals surface area contributed by atoms with Gasteiger partial charge >= 0.3 is 12.1 Å². The highest BCUT2D eigenvalue weighted by Gasteiger charge is 2.40. The molecule has 14 nitrogen and oxygen atoms in total. The molecule has 0 bridgehead atoms. The summed E-state index contributed by atoms with van der Waals surface area (Å²) in [6.07, 6.45) is 9.00. The molecule has 56 heavy (non-hydrogen) atoms. The topological polar surface area (TPSA) is 181 Å². The Hall–Kier alpha value is -4.33. The van der Waals surface area contributed by atoms with E-state index in [2.05, 4.69) is 29.8 Å². The van der Waals surface area contributed by atoms with Crippen molar-refractivity contribution >= 4 is 29.8 Å². The number of carbonyl (C=O) groups is 5. The molecule has 1 aromatic rings. The number of aliphatic hydroxyl groups is 1. The number of hydrogen-bond acceptors (Lipinski definition) is 9. The number of benzene rings is 1. The van der Waals surface area contributed by atoms with E-state index >= 15 is 0 Å². The fourth-order valence-electron chi connectivity index (χ4n) is 8.13. The minimum atomic E-state index is -1.08. The van der Waals surface area contributed by atoms with E-state index in [0.717, 1.165) is 37.7 Å². The number of hydrogen-bond donors (Lipinski definition) is 5. The van der Waals surface area contributed by atoms with Crippen LogP contribution >= 0.6 is 0 Å². The van der Waals surface area contributed by atoms with Crippen LogP contribution in [0, 0.1) is 11.8 Å². The maximum atomic E-state index is 14.7. The van der Waals surface area contributed by atoms with E-state index in [9.17, 15) is 34.2 Å². The predicted octanol–water partition coefficient (Wildman–Crippen LogP) is 4.37. The Morgan fingerprint density at radius 2 is 1.66 bits per heavy atom. The van der Waals surface area contributed by atoms with Crippen LogP contribution < -0.4 is 16.0 Å². The standard InChI is InChI=1S/C42H66N6O8/c1-28(2)20-33(49)23-31(21-29-14-9-7-10-15-29)44-39(53)36(24-32-25-47(27-43-32)26-37(50)51)46(6)40(54)34(22-30-16-11-8-12-17-30)45-38(52)35-18-13-19-48(35)41(55)56-42(3,4)5/h8,11-12,16-17,25,28-29,31,33-36,43,49H,7,9-10,13-15,18-24,26-27H2,1-6H3,(H,44,53)(H,45,52)(H,50,51)/t31-,33-,34-,35-,36?/m0/s1. The van der Waals surface area contributed by atoms with Crippen molar-refractivity contribution in [3.63, 3.8) is 0 Å². The molecule has 5 atom stereocenters. The highest BCUT2D eigenvalue weighted by Crippen LogP contribution is 2.29. The van der Waals surface area contributed by atoms with Crippen LogP contribution in [0.2, 0.25) is 0 Å². The van der Waals surface area contributed by atoms with Crippen LogP contribution in [0.3, 0.4) is 0 Å². The number of likely N-dealkylation sites (N-methyl/N-ethyl adjacent to an activating group) is 1. The van der Waals surface area contributed by atoms with Gasteiger partial charge in [0.1, 0.15) is 30.3 Å². The second kappa shape index (κ2) is 20.7. The van der Waals surface area contributed by atoms with Crippen LogP contribution in [0.4, 0.5) is 4.79 Å². The number of nitrogens with one attached hydrogen (secondary N) is 3. The Labute approximate surface area is 332 Å². The molecule has 2 fully saturated rings. The molecule has 4 amide bonds. The van der Waals surface area contributed by atoms with E-state index in [1.807, 2.05) is 30.3 Å². The molecule has 14 heteroatoms. The molecule has 2 aliphatic heterocycles. The molecule has 4 rings (SSSR count). The smallest absolute Gasteiger partial charge is 0.410 e. The lowest BCUT2D eigenvalue weighted by Gasteiger charge is -2.34. The summed E-state index contributed by atoms with van der Waals surface area (Å²) < 4.78 is 5.58. The number of aliphatic hydroxyl groups excluding tert-OH is 1. The molecule has 2 heterocycles. The first-order chi connectivity index (χ1) is 26.5. The average Bonchev–Trinajstić information content (AvgIpc) is 3.79. The monoisotopic (exact) mass is 782 g/mol. The summed E-state index contributed by atoms with van der Waals surface area (Å²) in [5, 5.41) is 29.8. The van der Waals surface area contributed by atoms with E-state index < -0.39 is 59.6 Å². The summed E-state index contributed by atoms with van der Waals surface area (Å²) in [4.78, 5) is 72.1. The highest BCUT2D eigenvalue weighted by atomic mass is 16.6. The van der Waals surface area contributed by atoms with Crippen molar-refractivity contribution in [2.75, 3.05) is 26.8 Å². The summed E-state index contributed by atoms with van der Waals surface area (Å²) in [5.74, 6) is -1.66. The van der Waals surface area contributed by atoms with Gasteiger partial charge in [-0.25, -0.2) is 4.79 Å². The maximum absolute atomic E-state index is 14.7. The first-order valence-corrected chi connectivity index (χ1v) is 20.5. The second-order valence-corrected chi connectivity index (χ2v) is 17.3. The van der Waals surface area contributed by atoms with Crippen molar-refractivity contribution in [3.8, 4) is 0 Å². The summed E-state index contributed by atoms with van der Waals surface area (Å²) in [7, 11) is 1.55. The minimum absolute atomic E-state index is 0.0654. The fraction of sp³-hybridized carbons (Fsp3) is 0.690. The van der Waals surface area contributed by atoms with Crippen molar-refractivity contribution in [1.82, 2.24) is 30.7 Å². The van der Waals surface area contributed by atoms with Crippen LogP contribution in [0.1, 0.15) is 111 Å². The van der Waals surface area contributed by atoms with Crippen molar-refractivity contribution in [2.24, 2.45) is 11.8 Å². The Morgan fingerprint density at radius 3 is 2.30 bits per heavy atom. The number of rotatable bonds is 18. The lowest BCUT2D eigenvalue weighted by Crippen LogP contribution is -2.58. The molecular weight excluding hydrogens is 716 g/mol. The van der Waals surface area contributed by atoms with Crippen LogP contribution in [-0.4, -0.2) is 117 Å². The quantitative estimate of drug-likeness (QED) is 0.144. The molecule has 0 spiro atoms. The van der Waals surface area contributed by atoms with Gasteiger partial charge in [-0.2, -0.15) is 0 Å². The van der Waals surface area contributed by atoms with E-state index in [0.29, 0.717) is 43.8 Å². The Bertz CT molecular complexity index is 1510. The van der Waals surface area contributed by atoms with Gasteiger partial charge < -0.3 is 40.7 Å². The Kier molecular flexibility index (Phi) is 16.4. The van der Waals surface area contributed by atoms with Gasteiger partial charge in [0.2, 0.25) is 17.7 Å². The van der Waals surface area contributed by atoms with Gasteiger partial charge in [-0.05, 0) is 70.3 Å². The largest absolute Gasteiger partial charge is 0.480 e. The molecule has 0 radical (unpaired) electrons. The number of likely N-dealkylation sites (tertiary alicyclic amines) is 1. The Balaban J connectivity index is 1.62. The summed E-state index contributed by atoms with van der Waals surface area (Å²) >= 11 is 0. The van der Waals surface area contributed by atoms with Crippen LogP contribution in [0.25, 0.3) is 0 Å². The molecule has 0 aromatic heterocycles. The number of carboxylic acid groups (broad SMARTS) is 1. The Morgan fingerprint density at radius 1 is 0.964 bits per heavy atom. The van der Waals surface area contributed by atoms with Gasteiger partial charge in [0.15, 0.2) is 0 Å². The molecule has 312 valence electrons. The summed E-state index contributed by atoms with van der Waals surface area (Å²) in [6, 6.07) is 6.02. The molecular formula is C42H66N6O8. The number of nitrogens with zero attached hydrogens (tertiary/aromatic N) is 3.